The third kappa shape index (κ3) is 3.91. The highest BCUT2D eigenvalue weighted by molar-refractivity contribution is 5.98. The SMILES string of the molecule is CCC(=O)c1ccccc1OCC(=O)NCC#N. The first-order chi connectivity index (χ1) is 8.69. The number of hydrogen-bond acceptors (Lipinski definition) is 4. The molecule has 0 aliphatic rings. The number of nitrogens with zero attached hydrogens (tertiary/aromatic N) is 1. The van der Waals surface area contributed by atoms with Crippen molar-refractivity contribution in [1.29, 1.82) is 5.26 Å². The van der Waals surface area contributed by atoms with Crippen LogP contribution in [0.2, 0.25) is 0 Å². The first kappa shape index (κ1) is 13.7. The van der Waals surface area contributed by atoms with Gasteiger partial charge >= 0.3 is 0 Å². The van der Waals surface area contributed by atoms with Gasteiger partial charge in [-0.2, -0.15) is 5.26 Å². The summed E-state index contributed by atoms with van der Waals surface area (Å²) in [6.07, 6.45) is 0.376. The molecule has 0 unspecified atom stereocenters. The summed E-state index contributed by atoms with van der Waals surface area (Å²) >= 11 is 0. The number of nitriles is 1. The molecule has 0 fully saturated rings. The normalized spacial score (nSPS) is 9.33. The molecule has 0 aliphatic carbocycles. The molecule has 5 nitrogen and oxygen atoms in total. The van der Waals surface area contributed by atoms with E-state index < -0.39 is 5.91 Å². The summed E-state index contributed by atoms with van der Waals surface area (Å²) < 4.78 is 5.28. The Morgan fingerprint density at radius 1 is 1.39 bits per heavy atom. The molecule has 0 aliphatic heterocycles. The van der Waals surface area contributed by atoms with Crippen LogP contribution in [0.25, 0.3) is 0 Å². The monoisotopic (exact) mass is 246 g/mol. The van der Waals surface area contributed by atoms with Crippen molar-refractivity contribution in [2.75, 3.05) is 13.2 Å². The van der Waals surface area contributed by atoms with Crippen LogP contribution in [-0.4, -0.2) is 24.8 Å². The lowest BCUT2D eigenvalue weighted by Crippen LogP contribution is -2.29. The van der Waals surface area contributed by atoms with E-state index in [0.29, 0.717) is 17.7 Å². The van der Waals surface area contributed by atoms with Crippen LogP contribution in [0.1, 0.15) is 23.7 Å². The molecular formula is C13H14N2O3. The van der Waals surface area contributed by atoms with Gasteiger partial charge in [0.2, 0.25) is 0 Å². The van der Waals surface area contributed by atoms with Crippen LogP contribution in [0, 0.1) is 11.3 Å². The van der Waals surface area contributed by atoms with Gasteiger partial charge in [0, 0.05) is 6.42 Å². The van der Waals surface area contributed by atoms with Gasteiger partial charge in [-0.05, 0) is 12.1 Å². The summed E-state index contributed by atoms with van der Waals surface area (Å²) in [5.41, 5.74) is 0.466. The number of para-hydroxylation sites is 1. The molecule has 0 bridgehead atoms. The maximum Gasteiger partial charge on any atom is 0.258 e. The number of ketones is 1. The molecule has 18 heavy (non-hydrogen) atoms. The van der Waals surface area contributed by atoms with Gasteiger partial charge in [-0.3, -0.25) is 9.59 Å². The third-order valence-electron chi connectivity index (χ3n) is 2.23. The Morgan fingerprint density at radius 2 is 2.11 bits per heavy atom. The number of hydrogen-bond donors (Lipinski definition) is 1. The van der Waals surface area contributed by atoms with E-state index in [1.807, 2.05) is 0 Å². The fraction of sp³-hybridized carbons (Fsp3) is 0.308. The lowest BCUT2D eigenvalue weighted by atomic mass is 10.1. The van der Waals surface area contributed by atoms with Gasteiger partial charge in [-0.25, -0.2) is 0 Å². The molecule has 0 aromatic heterocycles. The van der Waals surface area contributed by atoms with Crippen LogP contribution in [0.4, 0.5) is 0 Å². The van der Waals surface area contributed by atoms with Gasteiger partial charge in [0.25, 0.3) is 5.91 Å². The van der Waals surface area contributed by atoms with E-state index in [2.05, 4.69) is 5.32 Å². The Kier molecular flexibility index (Phi) is 5.39. The van der Waals surface area contributed by atoms with Crippen molar-refractivity contribution in [3.63, 3.8) is 0 Å². The summed E-state index contributed by atoms with van der Waals surface area (Å²) in [6.45, 7) is 1.49. The largest absolute Gasteiger partial charge is 0.483 e. The van der Waals surface area contributed by atoms with Crippen LogP contribution in [0.5, 0.6) is 5.75 Å². The van der Waals surface area contributed by atoms with Crippen molar-refractivity contribution < 1.29 is 14.3 Å². The fourth-order valence-electron chi connectivity index (χ4n) is 1.35. The van der Waals surface area contributed by atoms with Crippen LogP contribution < -0.4 is 10.1 Å². The first-order valence-corrected chi connectivity index (χ1v) is 5.57. The minimum absolute atomic E-state index is 0.0389. The van der Waals surface area contributed by atoms with Crippen molar-refractivity contribution >= 4 is 11.7 Å². The Balaban J connectivity index is 2.65. The minimum Gasteiger partial charge on any atom is -0.483 e. The number of carbonyl (C=O) groups excluding carboxylic acids is 2. The van der Waals surface area contributed by atoms with Gasteiger partial charge < -0.3 is 10.1 Å². The van der Waals surface area contributed by atoms with Crippen LogP contribution in [0.15, 0.2) is 24.3 Å². The molecule has 0 spiro atoms. The second-order valence-corrected chi connectivity index (χ2v) is 3.50. The molecule has 94 valence electrons. The zero-order valence-corrected chi connectivity index (χ0v) is 10.1. The predicted molar refractivity (Wildman–Crippen MR) is 65.2 cm³/mol. The van der Waals surface area contributed by atoms with E-state index >= 15 is 0 Å². The fourth-order valence-corrected chi connectivity index (χ4v) is 1.35. The molecule has 1 aromatic carbocycles. The molecule has 0 heterocycles. The maximum atomic E-state index is 11.6. The highest BCUT2D eigenvalue weighted by atomic mass is 16.5. The van der Waals surface area contributed by atoms with Gasteiger partial charge in [0.05, 0.1) is 11.6 Å². The van der Waals surface area contributed by atoms with E-state index in [-0.39, 0.29) is 18.9 Å². The minimum atomic E-state index is -0.393. The van der Waals surface area contributed by atoms with Crippen molar-refractivity contribution in [3.05, 3.63) is 29.8 Å². The molecule has 5 heteroatoms. The average molecular weight is 246 g/mol. The molecule has 1 N–H and O–H groups in total. The maximum absolute atomic E-state index is 11.6. The number of Topliss-reactive ketones (excluding diaryl/α,β-unsaturated/α-hetero) is 1. The molecule has 0 saturated heterocycles. The topological polar surface area (TPSA) is 79.2 Å². The summed E-state index contributed by atoms with van der Waals surface area (Å²) in [7, 11) is 0. The van der Waals surface area contributed by atoms with Crippen molar-refractivity contribution in [3.8, 4) is 11.8 Å². The van der Waals surface area contributed by atoms with E-state index in [1.54, 1.807) is 37.3 Å². The van der Waals surface area contributed by atoms with E-state index in [1.165, 1.54) is 0 Å². The number of carbonyl (C=O) groups is 2. The van der Waals surface area contributed by atoms with E-state index in [9.17, 15) is 9.59 Å². The number of benzene rings is 1. The third-order valence-corrected chi connectivity index (χ3v) is 2.23. The lowest BCUT2D eigenvalue weighted by molar-refractivity contribution is -0.122. The van der Waals surface area contributed by atoms with E-state index in [4.69, 9.17) is 10.00 Å². The Morgan fingerprint density at radius 3 is 2.78 bits per heavy atom. The first-order valence-electron chi connectivity index (χ1n) is 5.57. The molecule has 1 aromatic rings. The lowest BCUT2D eigenvalue weighted by Gasteiger charge is -2.09. The standard InChI is InChI=1S/C13H14N2O3/c1-2-11(16)10-5-3-4-6-12(10)18-9-13(17)15-8-7-14/h3-6H,2,8-9H2,1H3,(H,15,17). The Hall–Kier alpha value is -2.35. The molecule has 0 saturated carbocycles. The summed E-state index contributed by atoms with van der Waals surface area (Å²) in [4.78, 5) is 22.9. The molecule has 0 atom stereocenters. The van der Waals surface area contributed by atoms with Gasteiger partial charge in [0.1, 0.15) is 12.3 Å². The summed E-state index contributed by atoms with van der Waals surface area (Å²) in [6, 6.07) is 8.57. The average Bonchev–Trinajstić information content (AvgIpc) is 2.42. The number of nitrogens with one attached hydrogen (secondary N) is 1. The van der Waals surface area contributed by atoms with Crippen LogP contribution >= 0.6 is 0 Å². The smallest absolute Gasteiger partial charge is 0.258 e. The van der Waals surface area contributed by atoms with Crippen LogP contribution in [-0.2, 0) is 4.79 Å². The second kappa shape index (κ2) is 7.07. The van der Waals surface area contributed by atoms with Gasteiger partial charge in [0.15, 0.2) is 12.4 Å². The summed E-state index contributed by atoms with van der Waals surface area (Å²) in [5, 5.41) is 10.7. The number of amides is 1. The van der Waals surface area contributed by atoms with Gasteiger partial charge in [-0.15, -0.1) is 0 Å². The quantitative estimate of drug-likeness (QED) is 0.606. The second-order valence-electron chi connectivity index (χ2n) is 3.50. The predicted octanol–water partition coefficient (Wildman–Crippen LogP) is 1.30. The molecule has 1 amide bonds. The highest BCUT2D eigenvalue weighted by Crippen LogP contribution is 2.19. The van der Waals surface area contributed by atoms with Crippen molar-refractivity contribution in [1.82, 2.24) is 5.32 Å². The molecule has 0 radical (unpaired) electrons. The van der Waals surface area contributed by atoms with E-state index in [0.717, 1.165) is 0 Å². The van der Waals surface area contributed by atoms with Crippen molar-refractivity contribution in [2.45, 2.75) is 13.3 Å². The molecular weight excluding hydrogens is 232 g/mol. The molecule has 1 rings (SSSR count). The number of ether oxygens (including phenoxy) is 1. The summed E-state index contributed by atoms with van der Waals surface area (Å²) in [5.74, 6) is -0.0465. The van der Waals surface area contributed by atoms with Gasteiger partial charge in [-0.1, -0.05) is 19.1 Å². The Bertz CT molecular complexity index is 477. The highest BCUT2D eigenvalue weighted by Gasteiger charge is 2.11. The van der Waals surface area contributed by atoms with Crippen LogP contribution in [0.3, 0.4) is 0 Å². The number of rotatable bonds is 6. The zero-order chi connectivity index (χ0) is 13.4. The zero-order valence-electron chi connectivity index (χ0n) is 10.1. The Labute approximate surface area is 105 Å². The van der Waals surface area contributed by atoms with Crippen molar-refractivity contribution in [2.24, 2.45) is 0 Å².